The predicted molar refractivity (Wildman–Crippen MR) is 116 cm³/mol. The minimum atomic E-state index is -0.360. The molecule has 2 aromatic carbocycles. The van der Waals surface area contributed by atoms with Gasteiger partial charge in [-0.3, -0.25) is 9.59 Å². The molecule has 0 atom stereocenters. The lowest BCUT2D eigenvalue weighted by Gasteiger charge is -2.09. The molecule has 0 heterocycles. The maximum absolute atomic E-state index is 12.0. The van der Waals surface area contributed by atoms with Crippen molar-refractivity contribution in [3.8, 4) is 11.5 Å². The monoisotopic (exact) mass is 459 g/mol. The molecule has 0 aliphatic rings. The molecule has 0 bridgehead atoms. The molecule has 8 heteroatoms. The number of carbonyl (C=O) groups excluding carboxylic acids is 2. The second kappa shape index (κ2) is 11.7. The van der Waals surface area contributed by atoms with Gasteiger partial charge in [0.15, 0.2) is 0 Å². The molecule has 0 aromatic heterocycles. The van der Waals surface area contributed by atoms with Crippen LogP contribution in [0.2, 0.25) is 0 Å². The highest BCUT2D eigenvalue weighted by Crippen LogP contribution is 2.25. The van der Waals surface area contributed by atoms with Crippen LogP contribution < -0.4 is 20.2 Å². The number of ether oxygens (including phenoxy) is 2. The number of hydrogen-bond acceptors (Lipinski definition) is 5. The zero-order chi connectivity index (χ0) is 21.1. The van der Waals surface area contributed by atoms with Crippen molar-refractivity contribution in [3.63, 3.8) is 0 Å². The number of methoxy groups -OCH3 is 1. The minimum absolute atomic E-state index is 0.0103. The van der Waals surface area contributed by atoms with E-state index in [1.165, 1.54) is 13.3 Å². The molecule has 0 aliphatic carbocycles. The van der Waals surface area contributed by atoms with Gasteiger partial charge in [-0.15, -0.1) is 0 Å². The van der Waals surface area contributed by atoms with Crippen LogP contribution in [0.3, 0.4) is 0 Å². The van der Waals surface area contributed by atoms with Gasteiger partial charge in [0.25, 0.3) is 0 Å². The van der Waals surface area contributed by atoms with E-state index in [0.717, 1.165) is 10.0 Å². The van der Waals surface area contributed by atoms with E-state index in [1.807, 2.05) is 6.07 Å². The van der Waals surface area contributed by atoms with Crippen molar-refractivity contribution in [2.45, 2.75) is 12.8 Å². The predicted octanol–water partition coefficient (Wildman–Crippen LogP) is 3.89. The van der Waals surface area contributed by atoms with E-state index >= 15 is 0 Å². The van der Waals surface area contributed by atoms with E-state index in [4.69, 9.17) is 9.47 Å². The molecule has 2 rings (SSSR count). The second-order valence-electron chi connectivity index (χ2n) is 5.83. The summed E-state index contributed by atoms with van der Waals surface area (Å²) in [4.78, 5) is 23.9. The fourth-order valence-corrected chi connectivity index (χ4v) is 2.80. The molecular formula is C21H22BrN3O4. The third-order valence-corrected chi connectivity index (χ3v) is 4.30. The summed E-state index contributed by atoms with van der Waals surface area (Å²) in [5.74, 6) is 0.600. The summed E-state index contributed by atoms with van der Waals surface area (Å²) >= 11 is 3.41. The van der Waals surface area contributed by atoms with E-state index in [2.05, 4.69) is 38.4 Å². The first kappa shape index (κ1) is 22.2. The number of benzene rings is 2. The van der Waals surface area contributed by atoms with Crippen LogP contribution >= 0.6 is 15.9 Å². The van der Waals surface area contributed by atoms with Crippen molar-refractivity contribution >= 4 is 39.6 Å². The highest BCUT2D eigenvalue weighted by Gasteiger charge is 2.09. The number of nitrogens with zero attached hydrogens (tertiary/aromatic N) is 1. The molecule has 0 saturated heterocycles. The molecule has 29 heavy (non-hydrogen) atoms. The molecule has 0 unspecified atom stereocenters. The van der Waals surface area contributed by atoms with Crippen LogP contribution in [0, 0.1) is 0 Å². The first-order valence-electron chi connectivity index (χ1n) is 8.81. The average molecular weight is 460 g/mol. The molecule has 2 aromatic rings. The van der Waals surface area contributed by atoms with E-state index < -0.39 is 0 Å². The Kier molecular flexibility index (Phi) is 8.91. The normalized spacial score (nSPS) is 10.4. The Balaban J connectivity index is 1.78. The zero-order valence-corrected chi connectivity index (χ0v) is 17.6. The lowest BCUT2D eigenvalue weighted by molar-refractivity contribution is -0.124. The molecule has 0 aliphatic heterocycles. The number of nitrogens with one attached hydrogen (secondary N) is 2. The molecule has 152 valence electrons. The lowest BCUT2D eigenvalue weighted by atomic mass is 10.2. The molecular weight excluding hydrogens is 438 g/mol. The standard InChI is InChI=1S/C21H22BrN3O4/c1-3-12-29-18-9-8-15(13-16(18)22)14-23-25-21(27)11-10-20(26)24-17-6-4-5-7-19(17)28-2/h3-9,13-14H,1,10-12H2,2H3,(H,24,26)(H,25,27). The summed E-state index contributed by atoms with van der Waals surface area (Å²) in [6.07, 6.45) is 3.21. The van der Waals surface area contributed by atoms with Crippen LogP contribution in [-0.4, -0.2) is 31.7 Å². The van der Waals surface area contributed by atoms with Crippen molar-refractivity contribution < 1.29 is 19.1 Å². The third kappa shape index (κ3) is 7.42. The van der Waals surface area contributed by atoms with Crippen molar-refractivity contribution in [2.75, 3.05) is 19.0 Å². The molecule has 0 fully saturated rings. The molecule has 0 spiro atoms. The Morgan fingerprint density at radius 1 is 1.14 bits per heavy atom. The number of carbonyl (C=O) groups is 2. The SMILES string of the molecule is C=CCOc1ccc(C=NNC(=O)CCC(=O)Nc2ccccc2OC)cc1Br. The fraction of sp³-hybridized carbons (Fsp3) is 0.190. The van der Waals surface area contributed by atoms with Gasteiger partial charge in [0, 0.05) is 12.8 Å². The first-order chi connectivity index (χ1) is 14.0. The molecule has 2 N–H and O–H groups in total. The lowest BCUT2D eigenvalue weighted by Crippen LogP contribution is -2.20. The smallest absolute Gasteiger partial charge is 0.240 e. The minimum Gasteiger partial charge on any atom is -0.495 e. The van der Waals surface area contributed by atoms with Crippen molar-refractivity contribution in [1.29, 1.82) is 0 Å². The van der Waals surface area contributed by atoms with Crippen molar-refractivity contribution in [3.05, 3.63) is 65.2 Å². The van der Waals surface area contributed by atoms with Gasteiger partial charge in [-0.2, -0.15) is 5.10 Å². The quantitative estimate of drug-likeness (QED) is 0.320. The van der Waals surface area contributed by atoms with Crippen LogP contribution in [0.5, 0.6) is 11.5 Å². The zero-order valence-electron chi connectivity index (χ0n) is 16.0. The maximum atomic E-state index is 12.0. The van der Waals surface area contributed by atoms with Crippen molar-refractivity contribution in [1.82, 2.24) is 5.43 Å². The largest absolute Gasteiger partial charge is 0.495 e. The Bertz CT molecular complexity index is 899. The number of hydrazone groups is 1. The number of hydrogen-bond donors (Lipinski definition) is 2. The molecule has 0 saturated carbocycles. The van der Waals surface area contributed by atoms with Gasteiger partial charge < -0.3 is 14.8 Å². The maximum Gasteiger partial charge on any atom is 0.240 e. The fourth-order valence-electron chi connectivity index (χ4n) is 2.29. The van der Waals surface area contributed by atoms with Crippen LogP contribution in [0.4, 0.5) is 5.69 Å². The Hall–Kier alpha value is -3.13. The van der Waals surface area contributed by atoms with Crippen LogP contribution in [0.1, 0.15) is 18.4 Å². The van der Waals surface area contributed by atoms with E-state index in [0.29, 0.717) is 23.8 Å². The van der Waals surface area contributed by atoms with E-state index in [9.17, 15) is 9.59 Å². The van der Waals surface area contributed by atoms with Gasteiger partial charge in [-0.1, -0.05) is 24.8 Å². The summed E-state index contributed by atoms with van der Waals surface area (Å²) in [5.41, 5.74) is 3.74. The van der Waals surface area contributed by atoms with Gasteiger partial charge in [0.05, 0.1) is 23.5 Å². The summed E-state index contributed by atoms with van der Waals surface area (Å²) < 4.78 is 11.4. The summed E-state index contributed by atoms with van der Waals surface area (Å²) in [6, 6.07) is 12.5. The second-order valence-corrected chi connectivity index (χ2v) is 6.69. The topological polar surface area (TPSA) is 89.0 Å². The number of para-hydroxylation sites is 2. The number of rotatable bonds is 10. The van der Waals surface area contributed by atoms with Gasteiger partial charge >= 0.3 is 0 Å². The molecule has 0 radical (unpaired) electrons. The van der Waals surface area contributed by atoms with Gasteiger partial charge in [0.2, 0.25) is 11.8 Å². The van der Waals surface area contributed by atoms with E-state index in [-0.39, 0.29) is 24.7 Å². The summed E-state index contributed by atoms with van der Waals surface area (Å²) in [6.45, 7) is 4.01. The number of halogens is 1. The Labute approximate surface area is 177 Å². The highest BCUT2D eigenvalue weighted by atomic mass is 79.9. The number of amides is 2. The first-order valence-corrected chi connectivity index (χ1v) is 9.60. The van der Waals surface area contributed by atoms with Gasteiger partial charge in [0.1, 0.15) is 18.1 Å². The van der Waals surface area contributed by atoms with Gasteiger partial charge in [-0.05, 0) is 51.8 Å². The average Bonchev–Trinajstić information content (AvgIpc) is 2.72. The van der Waals surface area contributed by atoms with Crippen LogP contribution in [0.15, 0.2) is 64.7 Å². The van der Waals surface area contributed by atoms with E-state index in [1.54, 1.807) is 42.5 Å². The summed E-state index contributed by atoms with van der Waals surface area (Å²) in [7, 11) is 1.52. The Morgan fingerprint density at radius 2 is 1.90 bits per heavy atom. The molecule has 7 nitrogen and oxygen atoms in total. The third-order valence-electron chi connectivity index (χ3n) is 3.68. The Morgan fingerprint density at radius 3 is 2.62 bits per heavy atom. The molecule has 2 amide bonds. The number of anilines is 1. The van der Waals surface area contributed by atoms with Crippen LogP contribution in [0.25, 0.3) is 0 Å². The highest BCUT2D eigenvalue weighted by molar-refractivity contribution is 9.10. The van der Waals surface area contributed by atoms with Gasteiger partial charge in [-0.25, -0.2) is 5.43 Å². The summed E-state index contributed by atoms with van der Waals surface area (Å²) in [5, 5.41) is 6.63. The van der Waals surface area contributed by atoms with Crippen LogP contribution in [-0.2, 0) is 9.59 Å². The van der Waals surface area contributed by atoms with Crippen molar-refractivity contribution in [2.24, 2.45) is 5.10 Å².